The molecule has 1 aliphatic heterocycles. The summed E-state index contributed by atoms with van der Waals surface area (Å²) in [5.74, 6) is 2.89. The highest BCUT2D eigenvalue weighted by Gasteiger charge is 2.23. The van der Waals surface area contributed by atoms with Gasteiger partial charge >= 0.3 is 0 Å². The minimum atomic E-state index is 0.0287. The van der Waals surface area contributed by atoms with E-state index in [0.29, 0.717) is 19.0 Å². The van der Waals surface area contributed by atoms with Gasteiger partial charge in [0.1, 0.15) is 17.4 Å². The molecule has 0 unspecified atom stereocenters. The summed E-state index contributed by atoms with van der Waals surface area (Å²) in [7, 11) is 0. The lowest BCUT2D eigenvalue weighted by Crippen LogP contribution is -2.50. The Morgan fingerprint density at radius 2 is 1.79 bits per heavy atom. The minimum Gasteiger partial charge on any atom is -0.484 e. The van der Waals surface area contributed by atoms with Crippen molar-refractivity contribution in [3.05, 3.63) is 47.4 Å². The maximum absolute atomic E-state index is 12.5. The normalized spacial score (nSPS) is 14.5. The Morgan fingerprint density at radius 1 is 1.11 bits per heavy atom. The van der Waals surface area contributed by atoms with Gasteiger partial charge in [-0.1, -0.05) is 32.9 Å². The van der Waals surface area contributed by atoms with E-state index in [9.17, 15) is 4.79 Å². The van der Waals surface area contributed by atoms with Gasteiger partial charge in [-0.2, -0.15) is 0 Å². The topological polar surface area (TPSA) is 58.6 Å². The minimum absolute atomic E-state index is 0.0287. The zero-order valence-electron chi connectivity index (χ0n) is 17.3. The molecule has 28 heavy (non-hydrogen) atoms. The van der Waals surface area contributed by atoms with Crippen LogP contribution in [-0.2, 0) is 11.2 Å². The SMILES string of the molecule is CCc1ccc(OCC(=O)N2CCN(c3cc(C)nc(C(C)C)n3)CC2)cc1. The molecule has 0 atom stereocenters. The fourth-order valence-corrected chi connectivity index (χ4v) is 3.24. The van der Waals surface area contributed by atoms with Crippen molar-refractivity contribution in [3.8, 4) is 5.75 Å². The van der Waals surface area contributed by atoms with Crippen LogP contribution in [0.5, 0.6) is 5.75 Å². The number of hydrogen-bond acceptors (Lipinski definition) is 5. The van der Waals surface area contributed by atoms with Crippen molar-refractivity contribution >= 4 is 11.7 Å². The molecule has 6 heteroatoms. The van der Waals surface area contributed by atoms with Crippen molar-refractivity contribution in [2.75, 3.05) is 37.7 Å². The lowest BCUT2D eigenvalue weighted by molar-refractivity contribution is -0.133. The van der Waals surface area contributed by atoms with Crippen LogP contribution in [0, 0.1) is 6.92 Å². The van der Waals surface area contributed by atoms with Gasteiger partial charge < -0.3 is 14.5 Å². The highest BCUT2D eigenvalue weighted by molar-refractivity contribution is 5.78. The van der Waals surface area contributed by atoms with Gasteiger partial charge in [-0.25, -0.2) is 9.97 Å². The monoisotopic (exact) mass is 382 g/mol. The van der Waals surface area contributed by atoms with E-state index in [1.165, 1.54) is 5.56 Å². The number of ether oxygens (including phenoxy) is 1. The molecule has 2 aromatic rings. The Hall–Kier alpha value is -2.63. The molecule has 0 spiro atoms. The van der Waals surface area contributed by atoms with Crippen LogP contribution in [0.25, 0.3) is 0 Å². The Labute approximate surface area is 167 Å². The molecule has 0 bridgehead atoms. The van der Waals surface area contributed by atoms with Gasteiger partial charge in [0.25, 0.3) is 5.91 Å². The van der Waals surface area contributed by atoms with Crippen LogP contribution >= 0.6 is 0 Å². The number of amides is 1. The van der Waals surface area contributed by atoms with Crippen molar-refractivity contribution < 1.29 is 9.53 Å². The molecule has 1 amide bonds. The zero-order chi connectivity index (χ0) is 20.1. The lowest BCUT2D eigenvalue weighted by atomic mass is 10.2. The number of nitrogens with zero attached hydrogens (tertiary/aromatic N) is 4. The zero-order valence-corrected chi connectivity index (χ0v) is 17.3. The molecule has 0 saturated carbocycles. The molecular formula is C22H30N4O2. The van der Waals surface area contributed by atoms with E-state index in [0.717, 1.165) is 42.6 Å². The van der Waals surface area contributed by atoms with E-state index in [1.54, 1.807) is 0 Å². The number of piperazine rings is 1. The third-order valence-corrected chi connectivity index (χ3v) is 5.02. The smallest absolute Gasteiger partial charge is 0.260 e. The number of carbonyl (C=O) groups is 1. The van der Waals surface area contributed by atoms with E-state index < -0.39 is 0 Å². The van der Waals surface area contributed by atoms with Crippen LogP contribution in [0.4, 0.5) is 5.82 Å². The number of benzene rings is 1. The van der Waals surface area contributed by atoms with Crippen molar-refractivity contribution in [1.82, 2.24) is 14.9 Å². The highest BCUT2D eigenvalue weighted by atomic mass is 16.5. The van der Waals surface area contributed by atoms with Gasteiger partial charge in [0.2, 0.25) is 0 Å². The first-order valence-electron chi connectivity index (χ1n) is 10.1. The Balaban J connectivity index is 1.52. The summed E-state index contributed by atoms with van der Waals surface area (Å²) in [5, 5.41) is 0. The molecule has 2 heterocycles. The second-order valence-corrected chi connectivity index (χ2v) is 7.53. The number of anilines is 1. The van der Waals surface area contributed by atoms with Crippen molar-refractivity contribution in [2.45, 2.75) is 40.0 Å². The molecule has 1 saturated heterocycles. The van der Waals surface area contributed by atoms with Crippen LogP contribution in [0.2, 0.25) is 0 Å². The highest BCUT2D eigenvalue weighted by Crippen LogP contribution is 2.19. The first kappa shape index (κ1) is 20.1. The quantitative estimate of drug-likeness (QED) is 0.768. The molecule has 1 aromatic heterocycles. The first-order chi connectivity index (χ1) is 13.5. The van der Waals surface area contributed by atoms with Gasteiger partial charge in [0, 0.05) is 43.9 Å². The number of hydrogen-bond donors (Lipinski definition) is 0. The molecule has 0 aliphatic carbocycles. The summed E-state index contributed by atoms with van der Waals surface area (Å²) in [6.45, 7) is 11.3. The van der Waals surface area contributed by atoms with Crippen LogP contribution in [-0.4, -0.2) is 53.6 Å². The van der Waals surface area contributed by atoms with E-state index in [-0.39, 0.29) is 12.5 Å². The van der Waals surface area contributed by atoms with Gasteiger partial charge in [-0.3, -0.25) is 4.79 Å². The third-order valence-electron chi connectivity index (χ3n) is 5.02. The van der Waals surface area contributed by atoms with Gasteiger partial charge in [0.15, 0.2) is 6.61 Å². The Kier molecular flexibility index (Phi) is 6.49. The molecule has 1 fully saturated rings. The number of aromatic nitrogens is 2. The summed E-state index contributed by atoms with van der Waals surface area (Å²) >= 11 is 0. The maximum Gasteiger partial charge on any atom is 0.260 e. The lowest BCUT2D eigenvalue weighted by Gasteiger charge is -2.35. The fourth-order valence-electron chi connectivity index (χ4n) is 3.24. The summed E-state index contributed by atoms with van der Waals surface area (Å²) in [5.41, 5.74) is 2.24. The van der Waals surface area contributed by atoms with Crippen LogP contribution in [0.1, 0.15) is 43.8 Å². The predicted molar refractivity (Wildman–Crippen MR) is 111 cm³/mol. The van der Waals surface area contributed by atoms with Gasteiger partial charge in [0.05, 0.1) is 0 Å². The van der Waals surface area contributed by atoms with Crippen LogP contribution in [0.15, 0.2) is 30.3 Å². The van der Waals surface area contributed by atoms with Crippen LogP contribution in [0.3, 0.4) is 0 Å². The first-order valence-corrected chi connectivity index (χ1v) is 10.1. The molecule has 0 N–H and O–H groups in total. The predicted octanol–water partition coefficient (Wildman–Crippen LogP) is 3.20. The maximum atomic E-state index is 12.5. The van der Waals surface area contributed by atoms with Gasteiger partial charge in [-0.15, -0.1) is 0 Å². The average Bonchev–Trinajstić information content (AvgIpc) is 2.72. The summed E-state index contributed by atoms with van der Waals surface area (Å²) in [6, 6.07) is 9.94. The molecular weight excluding hydrogens is 352 g/mol. The Morgan fingerprint density at radius 3 is 2.39 bits per heavy atom. The molecule has 3 rings (SSSR count). The third kappa shape index (κ3) is 5.00. The van der Waals surface area contributed by atoms with Gasteiger partial charge in [-0.05, 0) is 31.0 Å². The fraction of sp³-hybridized carbons (Fsp3) is 0.500. The molecule has 0 radical (unpaired) electrons. The summed E-state index contributed by atoms with van der Waals surface area (Å²) in [6.07, 6.45) is 0.994. The summed E-state index contributed by atoms with van der Waals surface area (Å²) < 4.78 is 5.66. The molecule has 6 nitrogen and oxygen atoms in total. The van der Waals surface area contributed by atoms with E-state index in [2.05, 4.69) is 30.7 Å². The largest absolute Gasteiger partial charge is 0.484 e. The second kappa shape index (κ2) is 9.04. The van der Waals surface area contributed by atoms with Crippen molar-refractivity contribution in [3.63, 3.8) is 0 Å². The second-order valence-electron chi connectivity index (χ2n) is 7.53. The molecule has 1 aliphatic rings. The van der Waals surface area contributed by atoms with E-state index >= 15 is 0 Å². The number of aryl methyl sites for hydroxylation is 2. The van der Waals surface area contributed by atoms with E-state index in [4.69, 9.17) is 9.72 Å². The molecule has 150 valence electrons. The Bertz CT molecular complexity index is 797. The van der Waals surface area contributed by atoms with Crippen LogP contribution < -0.4 is 9.64 Å². The van der Waals surface area contributed by atoms with Crippen molar-refractivity contribution in [1.29, 1.82) is 0 Å². The van der Waals surface area contributed by atoms with E-state index in [1.807, 2.05) is 42.2 Å². The number of rotatable bonds is 6. The molecule has 1 aromatic carbocycles. The average molecular weight is 383 g/mol. The summed E-state index contributed by atoms with van der Waals surface area (Å²) in [4.78, 5) is 25.8. The van der Waals surface area contributed by atoms with Crippen molar-refractivity contribution in [2.24, 2.45) is 0 Å². The number of carbonyl (C=O) groups excluding carboxylic acids is 1. The standard InChI is InChI=1S/C22H30N4O2/c1-5-18-6-8-19(9-7-18)28-15-21(27)26-12-10-25(11-13-26)20-14-17(4)23-22(24-20)16(2)3/h6-9,14,16H,5,10-13,15H2,1-4H3.